The summed E-state index contributed by atoms with van der Waals surface area (Å²) in [5.41, 5.74) is 1.48. The molecule has 1 atom stereocenters. The maximum atomic E-state index is 12.2. The Morgan fingerprint density at radius 2 is 2.42 bits per heavy atom. The quantitative estimate of drug-likeness (QED) is 0.606. The predicted octanol–water partition coefficient (Wildman–Crippen LogP) is 1.27. The molecule has 1 aliphatic heterocycles. The van der Waals surface area contributed by atoms with E-state index in [1.165, 1.54) is 6.20 Å². The van der Waals surface area contributed by atoms with Gasteiger partial charge >= 0.3 is 0 Å². The molecule has 2 heterocycles. The molecule has 0 aliphatic carbocycles. The lowest BCUT2D eigenvalue weighted by atomic mass is 9.97. The summed E-state index contributed by atoms with van der Waals surface area (Å²) in [5.74, 6) is -0.116. The largest absolute Gasteiger partial charge is 0.411 e. The Bertz CT molecular complexity index is 545. The summed E-state index contributed by atoms with van der Waals surface area (Å²) in [4.78, 5) is 17.9. The number of carbonyl (C=O) groups excluding carboxylic acids is 1. The van der Waals surface area contributed by atoms with E-state index in [1.54, 1.807) is 17.0 Å². The molecule has 0 radical (unpaired) electrons. The maximum Gasteiger partial charge on any atom is 0.272 e. The molecule has 19 heavy (non-hydrogen) atoms. The van der Waals surface area contributed by atoms with Gasteiger partial charge in [-0.05, 0) is 12.1 Å². The first kappa shape index (κ1) is 13.0. The molecule has 1 aromatic heterocycles. The fourth-order valence-corrected chi connectivity index (χ4v) is 2.10. The highest BCUT2D eigenvalue weighted by Crippen LogP contribution is 2.16. The van der Waals surface area contributed by atoms with Crippen LogP contribution in [0.15, 0.2) is 23.5 Å². The minimum atomic E-state index is -0.159. The molecule has 2 rings (SSSR count). The lowest BCUT2D eigenvalue weighted by Crippen LogP contribution is -2.43. The molecule has 1 unspecified atom stereocenters. The Morgan fingerprint density at radius 1 is 1.63 bits per heavy atom. The van der Waals surface area contributed by atoms with Gasteiger partial charge in [0, 0.05) is 31.6 Å². The Kier molecular flexibility index (Phi) is 3.76. The van der Waals surface area contributed by atoms with Crippen molar-refractivity contribution in [3.63, 3.8) is 0 Å². The van der Waals surface area contributed by atoms with Gasteiger partial charge in [-0.3, -0.25) is 4.79 Å². The summed E-state index contributed by atoms with van der Waals surface area (Å²) in [7, 11) is 0. The smallest absolute Gasteiger partial charge is 0.272 e. The van der Waals surface area contributed by atoms with Crippen molar-refractivity contribution in [1.29, 1.82) is 5.26 Å². The number of amides is 1. The first-order chi connectivity index (χ1) is 9.15. The number of piperidine rings is 1. The van der Waals surface area contributed by atoms with Crippen LogP contribution < -0.4 is 0 Å². The first-order valence-corrected chi connectivity index (χ1v) is 6.02. The molecule has 1 amide bonds. The average molecular weight is 258 g/mol. The summed E-state index contributed by atoms with van der Waals surface area (Å²) < 4.78 is 0. The van der Waals surface area contributed by atoms with Gasteiger partial charge in [0.1, 0.15) is 11.8 Å². The Morgan fingerprint density at radius 3 is 2.95 bits per heavy atom. The monoisotopic (exact) mass is 258 g/mol. The minimum absolute atomic E-state index is 0.0427. The molecular formula is C13H14N4O2. The van der Waals surface area contributed by atoms with Gasteiger partial charge in [0.25, 0.3) is 5.91 Å². The van der Waals surface area contributed by atoms with Crippen LogP contribution in [0.4, 0.5) is 0 Å². The van der Waals surface area contributed by atoms with Crippen molar-refractivity contribution in [3.8, 4) is 6.07 Å². The molecule has 1 fully saturated rings. The van der Waals surface area contributed by atoms with Crippen LogP contribution in [0.25, 0.3) is 0 Å². The zero-order chi connectivity index (χ0) is 13.8. The second-order valence-corrected chi connectivity index (χ2v) is 4.54. The lowest BCUT2D eigenvalue weighted by molar-refractivity contribution is 0.0728. The van der Waals surface area contributed by atoms with Crippen LogP contribution in [0.5, 0.6) is 0 Å². The first-order valence-electron chi connectivity index (χ1n) is 6.02. The topological polar surface area (TPSA) is 89.6 Å². The second kappa shape index (κ2) is 5.48. The van der Waals surface area contributed by atoms with Gasteiger partial charge in [0.05, 0.1) is 11.3 Å². The lowest BCUT2D eigenvalue weighted by Gasteiger charge is -2.31. The molecule has 0 saturated carbocycles. The number of pyridine rings is 1. The van der Waals surface area contributed by atoms with Crippen LogP contribution in [0, 0.1) is 17.2 Å². The maximum absolute atomic E-state index is 12.2. The highest BCUT2D eigenvalue weighted by Gasteiger charge is 2.27. The van der Waals surface area contributed by atoms with E-state index in [-0.39, 0.29) is 11.8 Å². The fourth-order valence-electron chi connectivity index (χ4n) is 2.10. The Hall–Kier alpha value is -2.42. The van der Waals surface area contributed by atoms with Gasteiger partial charge in [-0.1, -0.05) is 12.1 Å². The SMILES string of the molecule is CC1CN(C(=O)c2ccc(C#N)cn2)CC/C1=N\O. The summed E-state index contributed by atoms with van der Waals surface area (Å²) in [6.45, 7) is 2.95. The van der Waals surface area contributed by atoms with Crippen LogP contribution in [-0.4, -0.2) is 39.8 Å². The minimum Gasteiger partial charge on any atom is -0.411 e. The molecule has 0 spiro atoms. The molecular weight excluding hydrogens is 244 g/mol. The van der Waals surface area contributed by atoms with E-state index in [9.17, 15) is 4.79 Å². The molecule has 6 heteroatoms. The van der Waals surface area contributed by atoms with Gasteiger partial charge in [0.15, 0.2) is 0 Å². The van der Waals surface area contributed by atoms with Crippen molar-refractivity contribution in [1.82, 2.24) is 9.88 Å². The van der Waals surface area contributed by atoms with Gasteiger partial charge in [-0.2, -0.15) is 5.26 Å². The van der Waals surface area contributed by atoms with Gasteiger partial charge in [0.2, 0.25) is 0 Å². The van der Waals surface area contributed by atoms with Crippen LogP contribution >= 0.6 is 0 Å². The van der Waals surface area contributed by atoms with E-state index >= 15 is 0 Å². The van der Waals surface area contributed by atoms with Crippen molar-refractivity contribution in [2.24, 2.45) is 11.1 Å². The Balaban J connectivity index is 2.10. The van der Waals surface area contributed by atoms with Gasteiger partial charge < -0.3 is 10.1 Å². The molecule has 0 bridgehead atoms. The zero-order valence-electron chi connectivity index (χ0n) is 10.6. The van der Waals surface area contributed by atoms with E-state index in [4.69, 9.17) is 10.5 Å². The number of likely N-dealkylation sites (tertiary alicyclic amines) is 1. The highest BCUT2D eigenvalue weighted by atomic mass is 16.4. The number of hydrogen-bond acceptors (Lipinski definition) is 5. The van der Waals surface area contributed by atoms with E-state index in [0.29, 0.717) is 30.8 Å². The third-order valence-electron chi connectivity index (χ3n) is 3.23. The summed E-state index contributed by atoms with van der Waals surface area (Å²) in [5, 5.41) is 20.7. The zero-order valence-corrected chi connectivity index (χ0v) is 10.6. The number of rotatable bonds is 1. The average Bonchev–Trinajstić information content (AvgIpc) is 2.46. The van der Waals surface area contributed by atoms with Crippen molar-refractivity contribution in [2.75, 3.05) is 13.1 Å². The van der Waals surface area contributed by atoms with Crippen LogP contribution in [-0.2, 0) is 0 Å². The van der Waals surface area contributed by atoms with Crippen LogP contribution in [0.3, 0.4) is 0 Å². The highest BCUT2D eigenvalue weighted by molar-refractivity contribution is 5.95. The molecule has 1 saturated heterocycles. The molecule has 6 nitrogen and oxygen atoms in total. The Labute approximate surface area is 111 Å². The third-order valence-corrected chi connectivity index (χ3v) is 3.23. The number of nitrogens with zero attached hydrogens (tertiary/aromatic N) is 4. The molecule has 1 aliphatic rings. The van der Waals surface area contributed by atoms with Gasteiger partial charge in [-0.25, -0.2) is 4.98 Å². The fraction of sp³-hybridized carbons (Fsp3) is 0.385. The summed E-state index contributed by atoms with van der Waals surface area (Å²) in [6, 6.07) is 5.10. The number of oxime groups is 1. The van der Waals surface area contributed by atoms with Gasteiger partial charge in [-0.15, -0.1) is 0 Å². The van der Waals surface area contributed by atoms with Crippen molar-refractivity contribution >= 4 is 11.6 Å². The van der Waals surface area contributed by atoms with Crippen LogP contribution in [0.1, 0.15) is 29.4 Å². The van der Waals surface area contributed by atoms with Crippen LogP contribution in [0.2, 0.25) is 0 Å². The number of hydrogen-bond donors (Lipinski definition) is 1. The van der Waals surface area contributed by atoms with Crippen molar-refractivity contribution < 1.29 is 10.0 Å². The standard InChI is InChI=1S/C13H14N4O2/c1-9-8-17(5-4-11(9)16-19)13(18)12-3-2-10(6-14)7-15-12/h2-3,7,9,19H,4-5,8H2,1H3/b16-11+. The number of aromatic nitrogens is 1. The molecule has 1 aromatic rings. The van der Waals surface area contributed by atoms with E-state index < -0.39 is 0 Å². The van der Waals surface area contributed by atoms with Crippen molar-refractivity contribution in [2.45, 2.75) is 13.3 Å². The van der Waals surface area contributed by atoms with E-state index in [1.807, 2.05) is 13.0 Å². The normalized spacial score (nSPS) is 21.2. The molecule has 98 valence electrons. The predicted molar refractivity (Wildman–Crippen MR) is 67.9 cm³/mol. The summed E-state index contributed by atoms with van der Waals surface area (Å²) >= 11 is 0. The van der Waals surface area contributed by atoms with E-state index in [2.05, 4.69) is 10.1 Å². The number of carbonyl (C=O) groups is 1. The van der Waals surface area contributed by atoms with E-state index in [0.717, 1.165) is 5.71 Å². The third kappa shape index (κ3) is 2.71. The summed E-state index contributed by atoms with van der Waals surface area (Å²) in [6.07, 6.45) is 1.96. The molecule has 0 aromatic carbocycles. The number of nitriles is 1. The molecule has 1 N–H and O–H groups in total. The second-order valence-electron chi connectivity index (χ2n) is 4.54. The van der Waals surface area contributed by atoms with Crippen molar-refractivity contribution in [3.05, 3.63) is 29.6 Å².